The van der Waals surface area contributed by atoms with Crippen molar-refractivity contribution in [1.82, 2.24) is 0 Å². The maximum atomic E-state index is 2.47. The van der Waals surface area contributed by atoms with E-state index in [-0.39, 0.29) is 0 Å². The van der Waals surface area contributed by atoms with Gasteiger partial charge in [-0.2, -0.15) is 0 Å². The molecule has 0 aliphatic heterocycles. The summed E-state index contributed by atoms with van der Waals surface area (Å²) in [7, 11) is 0. The first kappa shape index (κ1) is 32.7. The molecule has 270 valence electrons. The molecule has 0 heterocycles. The minimum absolute atomic E-state index is 0.415. The first-order valence-electron chi connectivity index (χ1n) is 20.2. The molecule has 10 aromatic rings. The van der Waals surface area contributed by atoms with Gasteiger partial charge in [0.05, 0.1) is 5.41 Å². The minimum atomic E-state index is -0.415. The van der Waals surface area contributed by atoms with Crippen LogP contribution in [0.1, 0.15) is 22.3 Å². The van der Waals surface area contributed by atoms with Gasteiger partial charge in [-0.3, -0.25) is 0 Å². The molecular formula is C57H37N. The highest BCUT2D eigenvalue weighted by atomic mass is 15.1. The van der Waals surface area contributed by atoms with Crippen LogP contribution in [-0.2, 0) is 5.41 Å². The highest BCUT2D eigenvalue weighted by Gasteiger charge is 2.51. The Labute approximate surface area is 338 Å². The van der Waals surface area contributed by atoms with E-state index in [9.17, 15) is 0 Å². The molecular weight excluding hydrogens is 699 g/mol. The molecule has 2 aliphatic rings. The third-order valence-electron chi connectivity index (χ3n) is 12.7. The number of nitrogens with zero attached hydrogens (tertiary/aromatic N) is 1. The van der Waals surface area contributed by atoms with Crippen molar-refractivity contribution < 1.29 is 0 Å². The molecule has 0 amide bonds. The monoisotopic (exact) mass is 735 g/mol. The largest absolute Gasteiger partial charge is 0.310 e. The number of hydrogen-bond acceptors (Lipinski definition) is 1. The molecule has 2 aliphatic carbocycles. The second-order valence-electron chi connectivity index (χ2n) is 15.6. The van der Waals surface area contributed by atoms with Crippen molar-refractivity contribution in [2.45, 2.75) is 5.41 Å². The number of rotatable bonds is 5. The Kier molecular flexibility index (Phi) is 7.21. The van der Waals surface area contributed by atoms with E-state index in [0.29, 0.717) is 0 Å². The lowest BCUT2D eigenvalue weighted by atomic mass is 9.70. The maximum Gasteiger partial charge on any atom is 0.0726 e. The standard InChI is InChI=1S/C57H37N/c1-2-12-38(13-3-1)39-26-30-44(31-27-39)58(45-32-28-40(29-33-45)43-25-24-42-23-22-41-14-4-5-15-47(41)52(42)36-43)46-34-35-51-50-18-8-11-21-55(50)57(56(51)37-46)53-19-9-6-16-48(53)49-17-7-10-20-54(49)57/h1-37H. The molecule has 0 N–H and O–H groups in total. The van der Waals surface area contributed by atoms with Crippen LogP contribution in [0, 0.1) is 0 Å². The Balaban J connectivity index is 1.03. The molecule has 0 saturated carbocycles. The summed E-state index contributed by atoms with van der Waals surface area (Å²) in [6.45, 7) is 0. The molecule has 12 rings (SSSR count). The zero-order valence-corrected chi connectivity index (χ0v) is 31.8. The molecule has 10 aromatic carbocycles. The van der Waals surface area contributed by atoms with Crippen molar-refractivity contribution in [2.75, 3.05) is 4.90 Å². The van der Waals surface area contributed by atoms with Crippen LogP contribution in [0.15, 0.2) is 224 Å². The molecule has 0 fully saturated rings. The van der Waals surface area contributed by atoms with Crippen molar-refractivity contribution in [3.05, 3.63) is 247 Å². The van der Waals surface area contributed by atoms with Gasteiger partial charge < -0.3 is 4.90 Å². The zero-order valence-electron chi connectivity index (χ0n) is 31.8. The topological polar surface area (TPSA) is 3.24 Å². The normalized spacial score (nSPS) is 13.0. The van der Waals surface area contributed by atoms with E-state index in [2.05, 4.69) is 229 Å². The molecule has 58 heavy (non-hydrogen) atoms. The number of anilines is 3. The van der Waals surface area contributed by atoms with E-state index in [1.165, 1.54) is 88.3 Å². The number of hydrogen-bond donors (Lipinski definition) is 0. The fourth-order valence-corrected chi connectivity index (χ4v) is 10.1. The van der Waals surface area contributed by atoms with Gasteiger partial charge in [-0.1, -0.05) is 182 Å². The van der Waals surface area contributed by atoms with Crippen molar-refractivity contribution in [1.29, 1.82) is 0 Å². The third kappa shape index (κ3) is 4.77. The van der Waals surface area contributed by atoms with Crippen LogP contribution >= 0.6 is 0 Å². The average Bonchev–Trinajstić information content (AvgIpc) is 3.77. The van der Waals surface area contributed by atoms with Crippen LogP contribution in [0.5, 0.6) is 0 Å². The van der Waals surface area contributed by atoms with Crippen LogP contribution in [0.3, 0.4) is 0 Å². The number of benzene rings is 10. The number of fused-ring (bicyclic) bond motifs is 13. The summed E-state index contributed by atoms with van der Waals surface area (Å²) in [6.07, 6.45) is 0. The van der Waals surface area contributed by atoms with Crippen molar-refractivity contribution >= 4 is 38.6 Å². The molecule has 1 nitrogen and oxygen atoms in total. The van der Waals surface area contributed by atoms with Gasteiger partial charge >= 0.3 is 0 Å². The Hall–Kier alpha value is -7.48. The molecule has 0 radical (unpaired) electrons. The van der Waals surface area contributed by atoms with Crippen LogP contribution in [-0.4, -0.2) is 0 Å². The van der Waals surface area contributed by atoms with Crippen LogP contribution in [0.4, 0.5) is 17.1 Å². The van der Waals surface area contributed by atoms with Crippen molar-refractivity contribution in [3.8, 4) is 44.5 Å². The van der Waals surface area contributed by atoms with E-state index in [1.54, 1.807) is 0 Å². The third-order valence-corrected chi connectivity index (χ3v) is 12.7. The molecule has 0 unspecified atom stereocenters. The predicted octanol–water partition coefficient (Wildman–Crippen LogP) is 15.1. The molecule has 0 atom stereocenters. The SMILES string of the molecule is c1ccc(-c2ccc(N(c3ccc(-c4ccc5ccc6ccccc6c5c4)cc3)c3ccc4c(c3)C3(c5ccccc5-c5ccccc53)c3ccccc3-4)cc2)cc1. The molecule has 1 spiro atoms. The smallest absolute Gasteiger partial charge is 0.0726 e. The lowest BCUT2D eigenvalue weighted by molar-refractivity contribution is 0.793. The lowest BCUT2D eigenvalue weighted by Crippen LogP contribution is -2.26. The second kappa shape index (κ2) is 12.8. The van der Waals surface area contributed by atoms with Gasteiger partial charge in [0.15, 0.2) is 0 Å². The van der Waals surface area contributed by atoms with Crippen LogP contribution < -0.4 is 4.90 Å². The molecule has 0 bridgehead atoms. The maximum absolute atomic E-state index is 2.47. The molecule has 0 saturated heterocycles. The summed E-state index contributed by atoms with van der Waals surface area (Å²) in [4.78, 5) is 2.43. The highest BCUT2D eigenvalue weighted by molar-refractivity contribution is 6.08. The second-order valence-corrected chi connectivity index (χ2v) is 15.6. The molecule has 0 aromatic heterocycles. The van der Waals surface area contributed by atoms with Crippen LogP contribution in [0.2, 0.25) is 0 Å². The van der Waals surface area contributed by atoms with Gasteiger partial charge in [0.25, 0.3) is 0 Å². The lowest BCUT2D eigenvalue weighted by Gasteiger charge is -2.32. The summed E-state index contributed by atoms with van der Waals surface area (Å²) in [5.74, 6) is 0. The Morgan fingerprint density at radius 3 is 1.31 bits per heavy atom. The highest BCUT2D eigenvalue weighted by Crippen LogP contribution is 2.63. The van der Waals surface area contributed by atoms with Gasteiger partial charge in [0.2, 0.25) is 0 Å². The Morgan fingerprint density at radius 1 is 0.259 bits per heavy atom. The minimum Gasteiger partial charge on any atom is -0.310 e. The van der Waals surface area contributed by atoms with Crippen molar-refractivity contribution in [2.24, 2.45) is 0 Å². The first-order chi connectivity index (χ1) is 28.8. The summed E-state index contributed by atoms with van der Waals surface area (Å²) < 4.78 is 0. The van der Waals surface area contributed by atoms with E-state index in [0.717, 1.165) is 17.1 Å². The van der Waals surface area contributed by atoms with Gasteiger partial charge in [-0.25, -0.2) is 0 Å². The van der Waals surface area contributed by atoms with Crippen LogP contribution in [0.25, 0.3) is 66.1 Å². The average molecular weight is 736 g/mol. The van der Waals surface area contributed by atoms with Gasteiger partial charge in [0.1, 0.15) is 0 Å². The fraction of sp³-hybridized carbons (Fsp3) is 0.0175. The predicted molar refractivity (Wildman–Crippen MR) is 243 cm³/mol. The van der Waals surface area contributed by atoms with E-state index < -0.39 is 5.41 Å². The fourth-order valence-electron chi connectivity index (χ4n) is 10.1. The summed E-state index contributed by atoms with van der Waals surface area (Å²) >= 11 is 0. The van der Waals surface area contributed by atoms with E-state index >= 15 is 0 Å². The Morgan fingerprint density at radius 2 is 0.690 bits per heavy atom. The van der Waals surface area contributed by atoms with Gasteiger partial charge in [-0.15, -0.1) is 0 Å². The summed E-state index contributed by atoms with van der Waals surface area (Å²) in [5, 5.41) is 5.09. The van der Waals surface area contributed by atoms with E-state index in [4.69, 9.17) is 0 Å². The van der Waals surface area contributed by atoms with Crippen molar-refractivity contribution in [3.63, 3.8) is 0 Å². The first-order valence-corrected chi connectivity index (χ1v) is 20.2. The summed E-state index contributed by atoms with van der Waals surface area (Å²) in [6, 6.07) is 83.0. The van der Waals surface area contributed by atoms with Gasteiger partial charge in [-0.05, 0) is 131 Å². The zero-order chi connectivity index (χ0) is 38.2. The van der Waals surface area contributed by atoms with Gasteiger partial charge in [0, 0.05) is 17.1 Å². The Bertz CT molecular complexity index is 3150. The molecule has 1 heteroatoms. The quantitative estimate of drug-likeness (QED) is 0.159. The van der Waals surface area contributed by atoms with E-state index in [1.807, 2.05) is 0 Å². The summed E-state index contributed by atoms with van der Waals surface area (Å²) in [5.41, 5.74) is 18.4.